The van der Waals surface area contributed by atoms with E-state index in [9.17, 15) is 14.3 Å². The van der Waals surface area contributed by atoms with E-state index in [4.69, 9.17) is 0 Å². The molecule has 0 bridgehead atoms. The molecule has 25 heavy (non-hydrogen) atoms. The van der Waals surface area contributed by atoms with E-state index in [-0.39, 0.29) is 12.1 Å². The number of nitrogens with zero attached hydrogens (tertiary/aromatic N) is 1. The van der Waals surface area contributed by atoms with Crippen molar-refractivity contribution in [3.63, 3.8) is 0 Å². The number of aromatic amines is 1. The molecule has 3 aromatic rings. The summed E-state index contributed by atoms with van der Waals surface area (Å²) >= 11 is 0. The average molecular weight is 339 g/mol. The van der Waals surface area contributed by atoms with E-state index < -0.39 is 17.3 Å². The first kappa shape index (κ1) is 15.8. The molecule has 0 saturated carbocycles. The SMILES string of the molecule is O=C(NCC1(O)CCCc2ccccc21)c1cc(F)cc2[nH]cnc12. The Morgan fingerprint density at radius 3 is 3.08 bits per heavy atom. The summed E-state index contributed by atoms with van der Waals surface area (Å²) in [6.45, 7) is 0.0747. The predicted octanol–water partition coefficient (Wildman–Crippen LogP) is 2.66. The molecule has 0 aliphatic heterocycles. The Labute approximate surface area is 143 Å². The number of aromatic nitrogens is 2. The van der Waals surface area contributed by atoms with Crippen LogP contribution in [0.2, 0.25) is 0 Å². The van der Waals surface area contributed by atoms with Crippen molar-refractivity contribution < 1.29 is 14.3 Å². The second-order valence-electron chi connectivity index (χ2n) is 6.48. The first-order valence-electron chi connectivity index (χ1n) is 8.28. The standard InChI is InChI=1S/C19H18FN3O2/c20-13-8-14(17-16(9-13)22-11-23-17)18(24)21-10-19(25)7-3-5-12-4-1-2-6-15(12)19/h1-2,4,6,8-9,11,25H,3,5,7,10H2,(H,21,24)(H,22,23). The lowest BCUT2D eigenvalue weighted by Crippen LogP contribution is -2.43. The minimum Gasteiger partial charge on any atom is -0.383 e. The molecule has 1 heterocycles. The van der Waals surface area contributed by atoms with Crippen molar-refractivity contribution in [2.45, 2.75) is 24.9 Å². The van der Waals surface area contributed by atoms with Crippen LogP contribution in [0.15, 0.2) is 42.7 Å². The maximum atomic E-state index is 13.7. The fourth-order valence-corrected chi connectivity index (χ4v) is 3.59. The average Bonchev–Trinajstić information content (AvgIpc) is 3.08. The third kappa shape index (κ3) is 2.78. The smallest absolute Gasteiger partial charge is 0.253 e. The number of carbonyl (C=O) groups is 1. The van der Waals surface area contributed by atoms with Crippen molar-refractivity contribution in [1.29, 1.82) is 0 Å². The predicted molar refractivity (Wildman–Crippen MR) is 91.7 cm³/mol. The fourth-order valence-electron chi connectivity index (χ4n) is 3.59. The third-order valence-electron chi connectivity index (χ3n) is 4.83. The second-order valence-corrected chi connectivity index (χ2v) is 6.48. The van der Waals surface area contributed by atoms with Crippen LogP contribution in [0.25, 0.3) is 11.0 Å². The number of aliphatic hydroxyl groups is 1. The van der Waals surface area contributed by atoms with Crippen molar-refractivity contribution in [3.05, 3.63) is 65.2 Å². The zero-order valence-corrected chi connectivity index (χ0v) is 13.6. The van der Waals surface area contributed by atoms with Crippen LogP contribution in [0.3, 0.4) is 0 Å². The number of amides is 1. The number of nitrogens with one attached hydrogen (secondary N) is 2. The molecule has 3 N–H and O–H groups in total. The molecule has 0 fully saturated rings. The van der Waals surface area contributed by atoms with Gasteiger partial charge < -0.3 is 15.4 Å². The van der Waals surface area contributed by atoms with Crippen LogP contribution in [0.5, 0.6) is 0 Å². The lowest BCUT2D eigenvalue weighted by molar-refractivity contribution is 0.0189. The Bertz CT molecular complexity index is 953. The highest BCUT2D eigenvalue weighted by Crippen LogP contribution is 2.34. The van der Waals surface area contributed by atoms with E-state index in [2.05, 4.69) is 15.3 Å². The molecule has 1 unspecified atom stereocenters. The van der Waals surface area contributed by atoms with Gasteiger partial charge >= 0.3 is 0 Å². The van der Waals surface area contributed by atoms with Gasteiger partial charge in [0.15, 0.2) is 0 Å². The number of carbonyl (C=O) groups excluding carboxylic acids is 1. The van der Waals surface area contributed by atoms with Gasteiger partial charge in [-0.3, -0.25) is 4.79 Å². The van der Waals surface area contributed by atoms with Gasteiger partial charge in [-0.1, -0.05) is 24.3 Å². The first-order valence-corrected chi connectivity index (χ1v) is 8.28. The molecule has 1 aromatic heterocycles. The third-order valence-corrected chi connectivity index (χ3v) is 4.83. The van der Waals surface area contributed by atoms with Crippen LogP contribution in [0, 0.1) is 5.82 Å². The molecule has 1 aliphatic carbocycles. The Balaban J connectivity index is 1.59. The largest absolute Gasteiger partial charge is 0.383 e. The summed E-state index contributed by atoms with van der Waals surface area (Å²) in [6, 6.07) is 10.2. The van der Waals surface area contributed by atoms with Crippen molar-refractivity contribution in [2.75, 3.05) is 6.54 Å². The van der Waals surface area contributed by atoms with E-state index in [1.54, 1.807) is 0 Å². The highest BCUT2D eigenvalue weighted by Gasteiger charge is 2.34. The summed E-state index contributed by atoms with van der Waals surface area (Å²) in [6.07, 6.45) is 3.77. The number of rotatable bonds is 3. The number of aryl methyl sites for hydroxylation is 1. The van der Waals surface area contributed by atoms with Gasteiger partial charge in [-0.15, -0.1) is 0 Å². The van der Waals surface area contributed by atoms with Gasteiger partial charge in [-0.25, -0.2) is 9.37 Å². The normalized spacial score (nSPS) is 19.6. The highest BCUT2D eigenvalue weighted by molar-refractivity contribution is 6.04. The van der Waals surface area contributed by atoms with Gasteiger partial charge in [0.1, 0.15) is 16.9 Å². The van der Waals surface area contributed by atoms with Crippen LogP contribution in [-0.2, 0) is 12.0 Å². The monoisotopic (exact) mass is 339 g/mol. The molecule has 1 aliphatic rings. The van der Waals surface area contributed by atoms with Crippen molar-refractivity contribution in [1.82, 2.24) is 15.3 Å². The molecule has 0 radical (unpaired) electrons. The Morgan fingerprint density at radius 1 is 1.36 bits per heavy atom. The maximum absolute atomic E-state index is 13.7. The molecule has 4 rings (SSSR count). The molecule has 0 saturated heterocycles. The molecule has 0 spiro atoms. The van der Waals surface area contributed by atoms with E-state index in [1.165, 1.54) is 12.4 Å². The summed E-state index contributed by atoms with van der Waals surface area (Å²) in [5, 5.41) is 13.8. The van der Waals surface area contributed by atoms with Crippen LogP contribution in [0.1, 0.15) is 34.3 Å². The Morgan fingerprint density at radius 2 is 2.20 bits per heavy atom. The lowest BCUT2D eigenvalue weighted by atomic mass is 9.79. The summed E-state index contributed by atoms with van der Waals surface area (Å²) in [5.74, 6) is -0.961. The number of halogens is 1. The molecule has 2 aromatic carbocycles. The summed E-state index contributed by atoms with van der Waals surface area (Å²) in [7, 11) is 0. The minimum atomic E-state index is -1.11. The number of hydrogen-bond donors (Lipinski definition) is 3. The quantitative estimate of drug-likeness (QED) is 0.686. The van der Waals surface area contributed by atoms with Gasteiger partial charge in [0.2, 0.25) is 0 Å². The van der Waals surface area contributed by atoms with Crippen LogP contribution in [0.4, 0.5) is 4.39 Å². The van der Waals surface area contributed by atoms with Crippen molar-refractivity contribution in [3.8, 4) is 0 Å². The topological polar surface area (TPSA) is 78.0 Å². The van der Waals surface area contributed by atoms with E-state index in [1.807, 2.05) is 24.3 Å². The van der Waals surface area contributed by atoms with Crippen LogP contribution >= 0.6 is 0 Å². The molecule has 1 amide bonds. The Kier molecular flexibility index (Phi) is 3.77. The van der Waals surface area contributed by atoms with Gasteiger partial charge in [-0.2, -0.15) is 0 Å². The number of imidazole rings is 1. The Hall–Kier alpha value is -2.73. The van der Waals surface area contributed by atoms with Gasteiger partial charge in [0.05, 0.1) is 24.0 Å². The number of H-pyrrole nitrogens is 1. The summed E-state index contributed by atoms with van der Waals surface area (Å²) in [5.41, 5.74) is 1.88. The molecule has 5 nitrogen and oxygen atoms in total. The lowest BCUT2D eigenvalue weighted by Gasteiger charge is -2.34. The van der Waals surface area contributed by atoms with E-state index >= 15 is 0 Å². The first-order chi connectivity index (χ1) is 12.1. The number of hydrogen-bond acceptors (Lipinski definition) is 3. The molecule has 1 atom stereocenters. The molecular weight excluding hydrogens is 321 g/mol. The van der Waals surface area contributed by atoms with Gasteiger partial charge in [0, 0.05) is 0 Å². The molecular formula is C19H18FN3O2. The minimum absolute atomic E-state index is 0.0747. The summed E-state index contributed by atoms with van der Waals surface area (Å²) in [4.78, 5) is 19.4. The van der Waals surface area contributed by atoms with E-state index in [0.29, 0.717) is 17.5 Å². The second kappa shape index (κ2) is 5.97. The molecule has 6 heteroatoms. The van der Waals surface area contributed by atoms with Gasteiger partial charge in [0.25, 0.3) is 5.91 Å². The summed E-state index contributed by atoms with van der Waals surface area (Å²) < 4.78 is 13.7. The maximum Gasteiger partial charge on any atom is 0.253 e. The van der Waals surface area contributed by atoms with Crippen molar-refractivity contribution >= 4 is 16.9 Å². The number of benzene rings is 2. The van der Waals surface area contributed by atoms with Crippen molar-refractivity contribution in [2.24, 2.45) is 0 Å². The zero-order valence-electron chi connectivity index (χ0n) is 13.6. The fraction of sp³-hybridized carbons (Fsp3) is 0.263. The highest BCUT2D eigenvalue weighted by atomic mass is 19.1. The van der Waals surface area contributed by atoms with Gasteiger partial charge in [-0.05, 0) is 42.5 Å². The number of fused-ring (bicyclic) bond motifs is 2. The molecule has 128 valence electrons. The van der Waals surface area contributed by atoms with E-state index in [0.717, 1.165) is 30.0 Å². The van der Waals surface area contributed by atoms with Crippen LogP contribution < -0.4 is 5.32 Å². The van der Waals surface area contributed by atoms with Crippen LogP contribution in [-0.4, -0.2) is 27.5 Å². The zero-order chi connectivity index (χ0) is 17.4.